The molecule has 1 N–H and O–H groups in total. The van der Waals surface area contributed by atoms with Crippen molar-refractivity contribution in [3.05, 3.63) is 33.7 Å². The highest BCUT2D eigenvalue weighted by Gasteiger charge is 2.40. The summed E-state index contributed by atoms with van der Waals surface area (Å²) in [4.78, 5) is 11.5. The third-order valence-corrected chi connectivity index (χ3v) is 4.59. The summed E-state index contributed by atoms with van der Waals surface area (Å²) in [6.45, 7) is 0. The molecule has 3 rings (SSSR count). The fraction of sp³-hybridized carbons (Fsp3) is 0.385. The standard InChI is InChI=1S/C13H14IN3O2/c1-19-12(18)16-13(5-2-6-13)9-3-4-11-10(14)7-15-17(11)8-9/h3-4,7-8H,2,5-6H2,1H3,(H,16,18). The quantitative estimate of drug-likeness (QED) is 0.826. The molecule has 5 nitrogen and oxygen atoms in total. The molecular weight excluding hydrogens is 357 g/mol. The summed E-state index contributed by atoms with van der Waals surface area (Å²) in [7, 11) is 1.39. The van der Waals surface area contributed by atoms with E-state index in [-0.39, 0.29) is 11.6 Å². The summed E-state index contributed by atoms with van der Waals surface area (Å²) in [6.07, 6.45) is 6.43. The van der Waals surface area contributed by atoms with Gasteiger partial charge in [0.2, 0.25) is 0 Å². The van der Waals surface area contributed by atoms with Crippen LogP contribution in [0, 0.1) is 3.57 Å². The van der Waals surface area contributed by atoms with Gasteiger partial charge in [0.25, 0.3) is 0 Å². The number of halogens is 1. The summed E-state index contributed by atoms with van der Waals surface area (Å²) >= 11 is 2.26. The first-order valence-electron chi connectivity index (χ1n) is 6.14. The van der Waals surface area contributed by atoms with E-state index in [1.807, 2.05) is 23.0 Å². The number of carbonyl (C=O) groups excluding carboxylic acids is 1. The molecule has 1 fully saturated rings. The Morgan fingerprint density at radius 1 is 1.53 bits per heavy atom. The van der Waals surface area contributed by atoms with Crippen molar-refractivity contribution in [2.75, 3.05) is 7.11 Å². The maximum absolute atomic E-state index is 11.5. The molecule has 0 saturated heterocycles. The van der Waals surface area contributed by atoms with Gasteiger partial charge in [-0.05, 0) is 53.5 Å². The number of rotatable bonds is 2. The zero-order valence-corrected chi connectivity index (χ0v) is 12.7. The van der Waals surface area contributed by atoms with Gasteiger partial charge in [-0.2, -0.15) is 5.10 Å². The molecule has 0 spiro atoms. The minimum Gasteiger partial charge on any atom is -0.453 e. The molecule has 1 aliphatic carbocycles. The lowest BCUT2D eigenvalue weighted by molar-refractivity contribution is 0.128. The molecule has 1 aliphatic rings. The van der Waals surface area contributed by atoms with Crippen molar-refractivity contribution in [3.63, 3.8) is 0 Å². The lowest BCUT2D eigenvalue weighted by Gasteiger charge is -2.42. The monoisotopic (exact) mass is 371 g/mol. The molecule has 6 heteroatoms. The molecule has 0 bridgehead atoms. The fourth-order valence-electron chi connectivity index (χ4n) is 2.50. The van der Waals surface area contributed by atoms with E-state index in [0.29, 0.717) is 0 Å². The molecule has 19 heavy (non-hydrogen) atoms. The predicted molar refractivity (Wildman–Crippen MR) is 79.0 cm³/mol. The third-order valence-electron chi connectivity index (χ3n) is 3.76. The van der Waals surface area contributed by atoms with Crippen molar-refractivity contribution in [2.24, 2.45) is 0 Å². The van der Waals surface area contributed by atoms with Gasteiger partial charge in [-0.15, -0.1) is 0 Å². The molecule has 0 radical (unpaired) electrons. The number of amides is 1. The molecule has 2 aromatic rings. The van der Waals surface area contributed by atoms with E-state index >= 15 is 0 Å². The van der Waals surface area contributed by atoms with Crippen molar-refractivity contribution in [1.82, 2.24) is 14.9 Å². The highest BCUT2D eigenvalue weighted by Crippen LogP contribution is 2.41. The zero-order valence-electron chi connectivity index (χ0n) is 10.5. The Balaban J connectivity index is 1.99. The number of hydrogen-bond acceptors (Lipinski definition) is 3. The van der Waals surface area contributed by atoms with Gasteiger partial charge in [0, 0.05) is 6.20 Å². The predicted octanol–water partition coefficient (Wildman–Crippen LogP) is 2.67. The van der Waals surface area contributed by atoms with Crippen LogP contribution in [0.25, 0.3) is 5.52 Å². The number of carbonyl (C=O) groups is 1. The van der Waals surface area contributed by atoms with Crippen LogP contribution in [0.4, 0.5) is 4.79 Å². The van der Waals surface area contributed by atoms with Crippen LogP contribution in [0.2, 0.25) is 0 Å². The van der Waals surface area contributed by atoms with Crippen LogP contribution in [0.1, 0.15) is 24.8 Å². The first-order chi connectivity index (χ1) is 9.14. The Morgan fingerprint density at radius 3 is 2.95 bits per heavy atom. The number of fused-ring (bicyclic) bond motifs is 1. The molecule has 2 heterocycles. The zero-order chi connectivity index (χ0) is 13.5. The Labute approximate surface area is 124 Å². The van der Waals surface area contributed by atoms with E-state index in [9.17, 15) is 4.79 Å². The summed E-state index contributed by atoms with van der Waals surface area (Å²) in [5.74, 6) is 0. The van der Waals surface area contributed by atoms with Gasteiger partial charge >= 0.3 is 6.09 Å². The summed E-state index contributed by atoms with van der Waals surface area (Å²) in [5.41, 5.74) is 1.87. The number of ether oxygens (including phenoxy) is 1. The van der Waals surface area contributed by atoms with Gasteiger partial charge in [0.05, 0.1) is 27.9 Å². The van der Waals surface area contributed by atoms with Gasteiger partial charge in [0.15, 0.2) is 0 Å². The van der Waals surface area contributed by atoms with Crippen LogP contribution in [-0.4, -0.2) is 22.8 Å². The first-order valence-corrected chi connectivity index (χ1v) is 7.22. The van der Waals surface area contributed by atoms with Crippen LogP contribution in [0.15, 0.2) is 24.5 Å². The third kappa shape index (κ3) is 2.07. The number of alkyl carbamates (subject to hydrolysis) is 1. The number of methoxy groups -OCH3 is 1. The van der Waals surface area contributed by atoms with Crippen LogP contribution in [-0.2, 0) is 10.3 Å². The molecule has 100 valence electrons. The second-order valence-corrected chi connectivity index (χ2v) is 5.95. The second kappa shape index (κ2) is 4.66. The Kier molecular flexibility index (Phi) is 3.12. The Bertz CT molecular complexity index is 634. The summed E-state index contributed by atoms with van der Waals surface area (Å²) < 4.78 is 7.70. The van der Waals surface area contributed by atoms with E-state index in [1.165, 1.54) is 7.11 Å². The van der Waals surface area contributed by atoms with Crippen LogP contribution >= 0.6 is 22.6 Å². The average molecular weight is 371 g/mol. The van der Waals surface area contributed by atoms with E-state index in [4.69, 9.17) is 4.74 Å². The first kappa shape index (κ1) is 12.7. The number of pyridine rings is 1. The van der Waals surface area contributed by atoms with Crippen molar-refractivity contribution in [1.29, 1.82) is 0 Å². The molecule has 0 aliphatic heterocycles. The van der Waals surface area contributed by atoms with Gasteiger partial charge in [-0.1, -0.05) is 6.07 Å². The number of nitrogens with zero attached hydrogens (tertiary/aromatic N) is 2. The van der Waals surface area contributed by atoms with Gasteiger partial charge in [0.1, 0.15) is 0 Å². The van der Waals surface area contributed by atoms with Crippen LogP contribution in [0.3, 0.4) is 0 Å². The van der Waals surface area contributed by atoms with Crippen molar-refractivity contribution in [3.8, 4) is 0 Å². The van der Waals surface area contributed by atoms with E-state index in [0.717, 1.165) is 33.9 Å². The van der Waals surface area contributed by atoms with Gasteiger partial charge in [-0.25, -0.2) is 9.31 Å². The van der Waals surface area contributed by atoms with E-state index in [1.54, 1.807) is 0 Å². The molecular formula is C13H14IN3O2. The molecule has 2 aromatic heterocycles. The maximum atomic E-state index is 11.5. The normalized spacial score (nSPS) is 16.9. The molecule has 1 amide bonds. The van der Waals surface area contributed by atoms with Crippen LogP contribution in [0.5, 0.6) is 0 Å². The highest BCUT2D eigenvalue weighted by atomic mass is 127. The SMILES string of the molecule is COC(=O)NC1(c2ccc3c(I)cnn3c2)CCC1. The summed E-state index contributed by atoms with van der Waals surface area (Å²) in [5, 5.41) is 7.28. The lowest BCUT2D eigenvalue weighted by atomic mass is 9.72. The van der Waals surface area contributed by atoms with Crippen molar-refractivity contribution in [2.45, 2.75) is 24.8 Å². The molecule has 0 aromatic carbocycles. The second-order valence-electron chi connectivity index (χ2n) is 4.79. The number of aromatic nitrogens is 2. The highest BCUT2D eigenvalue weighted by molar-refractivity contribution is 14.1. The minimum atomic E-state index is -0.380. The van der Waals surface area contributed by atoms with Crippen molar-refractivity contribution >= 4 is 34.2 Å². The largest absolute Gasteiger partial charge is 0.453 e. The van der Waals surface area contributed by atoms with Gasteiger partial charge in [-0.3, -0.25) is 0 Å². The van der Waals surface area contributed by atoms with Crippen LogP contribution < -0.4 is 5.32 Å². The van der Waals surface area contributed by atoms with E-state index < -0.39 is 0 Å². The van der Waals surface area contributed by atoms with Crippen molar-refractivity contribution < 1.29 is 9.53 Å². The lowest BCUT2D eigenvalue weighted by Crippen LogP contribution is -2.50. The molecule has 1 saturated carbocycles. The number of nitrogens with one attached hydrogen (secondary N) is 1. The Hall–Kier alpha value is -1.31. The summed E-state index contributed by atoms with van der Waals surface area (Å²) in [6, 6.07) is 4.11. The fourth-order valence-corrected chi connectivity index (χ4v) is 3.05. The molecule has 0 unspecified atom stereocenters. The smallest absolute Gasteiger partial charge is 0.407 e. The van der Waals surface area contributed by atoms with Gasteiger partial charge < -0.3 is 10.1 Å². The number of hydrogen-bond donors (Lipinski definition) is 1. The molecule has 0 atom stereocenters. The minimum absolute atomic E-state index is 0.293. The maximum Gasteiger partial charge on any atom is 0.407 e. The topological polar surface area (TPSA) is 55.6 Å². The van der Waals surface area contributed by atoms with E-state index in [2.05, 4.69) is 39.1 Å². The Morgan fingerprint density at radius 2 is 2.32 bits per heavy atom. The average Bonchev–Trinajstić information content (AvgIpc) is 2.75.